The van der Waals surface area contributed by atoms with Gasteiger partial charge >= 0.3 is 11.9 Å². The lowest BCUT2D eigenvalue weighted by molar-refractivity contribution is -0.162. The third-order valence-corrected chi connectivity index (χ3v) is 6.06. The Kier molecular flexibility index (Phi) is 9.89. The van der Waals surface area contributed by atoms with E-state index in [2.05, 4.69) is 5.32 Å². The first-order valence-corrected chi connectivity index (χ1v) is 12.0. The lowest BCUT2D eigenvalue weighted by atomic mass is 9.75. The number of rotatable bonds is 11. The molecule has 1 amide bonds. The van der Waals surface area contributed by atoms with Crippen molar-refractivity contribution in [1.82, 2.24) is 5.32 Å². The Morgan fingerprint density at radius 1 is 1.09 bits per heavy atom. The quantitative estimate of drug-likeness (QED) is 0.489. The molecule has 0 saturated heterocycles. The summed E-state index contributed by atoms with van der Waals surface area (Å²) < 4.78 is 10.5. The monoisotopic (exact) mass is 461 g/mol. The van der Waals surface area contributed by atoms with Gasteiger partial charge < -0.3 is 19.9 Å². The molecule has 0 radical (unpaired) electrons. The van der Waals surface area contributed by atoms with E-state index < -0.39 is 29.0 Å². The summed E-state index contributed by atoms with van der Waals surface area (Å²) in [6.07, 6.45) is 3.39. The second-order valence-electron chi connectivity index (χ2n) is 9.92. The highest BCUT2D eigenvalue weighted by atomic mass is 16.6. The molecule has 1 aliphatic carbocycles. The van der Waals surface area contributed by atoms with Gasteiger partial charge in [-0.25, -0.2) is 4.79 Å². The van der Waals surface area contributed by atoms with E-state index in [1.165, 1.54) is 0 Å². The van der Waals surface area contributed by atoms with Gasteiger partial charge in [-0.05, 0) is 65.4 Å². The molecule has 1 aromatic carbocycles. The van der Waals surface area contributed by atoms with Gasteiger partial charge in [0.05, 0.1) is 19.1 Å². The second kappa shape index (κ2) is 12.2. The number of ether oxygens (including phenoxy) is 2. The Morgan fingerprint density at radius 3 is 2.30 bits per heavy atom. The van der Waals surface area contributed by atoms with Crippen LogP contribution in [0.2, 0.25) is 0 Å². The molecule has 1 fully saturated rings. The van der Waals surface area contributed by atoms with Gasteiger partial charge in [-0.15, -0.1) is 0 Å². The molecule has 2 rings (SSSR count). The Morgan fingerprint density at radius 2 is 1.73 bits per heavy atom. The number of hydrogen-bond acceptors (Lipinski definition) is 6. The molecule has 1 saturated carbocycles. The average molecular weight is 462 g/mol. The van der Waals surface area contributed by atoms with Crippen LogP contribution in [0.5, 0.6) is 0 Å². The summed E-state index contributed by atoms with van der Waals surface area (Å²) >= 11 is 0. The van der Waals surface area contributed by atoms with Crippen LogP contribution in [0.15, 0.2) is 30.3 Å². The van der Waals surface area contributed by atoms with Crippen molar-refractivity contribution < 1.29 is 29.0 Å². The number of esters is 2. The molecule has 7 heteroatoms. The summed E-state index contributed by atoms with van der Waals surface area (Å²) in [5.41, 5.74) is -0.197. The predicted molar refractivity (Wildman–Crippen MR) is 125 cm³/mol. The van der Waals surface area contributed by atoms with Crippen LogP contribution in [-0.2, 0) is 30.3 Å². The maximum absolute atomic E-state index is 13.2. The summed E-state index contributed by atoms with van der Waals surface area (Å²) in [5.74, 6) is -1.70. The van der Waals surface area contributed by atoms with E-state index in [0.29, 0.717) is 32.1 Å². The average Bonchev–Trinajstić information content (AvgIpc) is 3.24. The van der Waals surface area contributed by atoms with Crippen molar-refractivity contribution in [2.75, 3.05) is 13.2 Å². The molecule has 0 aliphatic heterocycles. The van der Waals surface area contributed by atoms with Crippen molar-refractivity contribution in [2.45, 2.75) is 84.3 Å². The van der Waals surface area contributed by atoms with Gasteiger partial charge in [-0.3, -0.25) is 9.59 Å². The summed E-state index contributed by atoms with van der Waals surface area (Å²) in [4.78, 5) is 38.0. The molecule has 0 heterocycles. The molecular formula is C26H39NO6. The molecule has 0 bridgehead atoms. The van der Waals surface area contributed by atoms with E-state index in [9.17, 15) is 19.5 Å². The summed E-state index contributed by atoms with van der Waals surface area (Å²) in [7, 11) is 0. The molecule has 184 valence electrons. The highest BCUT2D eigenvalue weighted by Crippen LogP contribution is 2.44. The van der Waals surface area contributed by atoms with Crippen molar-refractivity contribution in [3.05, 3.63) is 35.9 Å². The number of aliphatic hydroxyl groups excluding tert-OH is 1. The van der Waals surface area contributed by atoms with Gasteiger partial charge in [-0.2, -0.15) is 0 Å². The maximum Gasteiger partial charge on any atom is 0.336 e. The normalized spacial score (nSPS) is 17.1. The summed E-state index contributed by atoms with van der Waals surface area (Å²) in [6.45, 7) is 7.13. The van der Waals surface area contributed by atoms with Crippen molar-refractivity contribution in [1.29, 1.82) is 0 Å². The standard InChI is InChI=1S/C26H39NO6/c1-5-32-23(30)21(28)18-27-24(31)26(15-9-10-16-26)17-20(22(29)33-25(2,3)4)14-13-19-11-7-6-8-12-19/h6-8,11-12,20-21,28H,5,9-10,13-18H2,1-4H3,(H,27,31)/t20-,21+/m1/s1. The van der Waals surface area contributed by atoms with Crippen molar-refractivity contribution >= 4 is 17.8 Å². The molecule has 7 nitrogen and oxygen atoms in total. The number of aryl methyl sites for hydroxylation is 1. The number of carbonyl (C=O) groups excluding carboxylic acids is 3. The van der Waals surface area contributed by atoms with Gasteiger partial charge in [0.1, 0.15) is 5.60 Å². The van der Waals surface area contributed by atoms with Crippen molar-refractivity contribution in [3.63, 3.8) is 0 Å². The van der Waals surface area contributed by atoms with E-state index in [4.69, 9.17) is 9.47 Å². The van der Waals surface area contributed by atoms with Crippen LogP contribution in [-0.4, -0.2) is 47.8 Å². The Hall–Kier alpha value is -2.41. The lowest BCUT2D eigenvalue weighted by Crippen LogP contribution is -2.46. The van der Waals surface area contributed by atoms with Gasteiger partial charge in [0.25, 0.3) is 0 Å². The first-order valence-electron chi connectivity index (χ1n) is 12.0. The first kappa shape index (κ1) is 26.8. The fourth-order valence-electron chi connectivity index (χ4n) is 4.42. The lowest BCUT2D eigenvalue weighted by Gasteiger charge is -2.33. The van der Waals surface area contributed by atoms with Crippen LogP contribution in [0.25, 0.3) is 0 Å². The maximum atomic E-state index is 13.2. The van der Waals surface area contributed by atoms with E-state index in [1.807, 2.05) is 51.1 Å². The number of nitrogens with one attached hydrogen (secondary N) is 1. The highest BCUT2D eigenvalue weighted by molar-refractivity contribution is 5.85. The van der Waals surface area contributed by atoms with Crippen LogP contribution >= 0.6 is 0 Å². The van der Waals surface area contributed by atoms with Crippen LogP contribution < -0.4 is 5.32 Å². The van der Waals surface area contributed by atoms with Crippen LogP contribution in [0, 0.1) is 11.3 Å². The SMILES string of the molecule is CCOC(=O)[C@@H](O)CNC(=O)C1(C[C@@H](CCc2ccccc2)C(=O)OC(C)(C)C)CCCC1. The van der Waals surface area contributed by atoms with Crippen LogP contribution in [0.1, 0.15) is 71.8 Å². The second-order valence-corrected chi connectivity index (χ2v) is 9.92. The van der Waals surface area contributed by atoms with Crippen molar-refractivity contribution in [2.24, 2.45) is 11.3 Å². The zero-order valence-electron chi connectivity index (χ0n) is 20.4. The molecule has 33 heavy (non-hydrogen) atoms. The predicted octanol–water partition coefficient (Wildman–Crippen LogP) is 3.57. The molecule has 0 aromatic heterocycles. The Balaban J connectivity index is 2.13. The van der Waals surface area contributed by atoms with E-state index >= 15 is 0 Å². The largest absolute Gasteiger partial charge is 0.464 e. The Labute approximate surface area is 197 Å². The van der Waals surface area contributed by atoms with Gasteiger partial charge in [0.2, 0.25) is 5.91 Å². The first-order chi connectivity index (χ1) is 15.6. The third-order valence-electron chi connectivity index (χ3n) is 6.06. The summed E-state index contributed by atoms with van der Waals surface area (Å²) in [6, 6.07) is 9.95. The topological polar surface area (TPSA) is 102 Å². The van der Waals surface area contributed by atoms with Crippen LogP contribution in [0.3, 0.4) is 0 Å². The van der Waals surface area contributed by atoms with Gasteiger partial charge in [-0.1, -0.05) is 43.2 Å². The number of hydrogen-bond donors (Lipinski definition) is 2. The molecule has 0 unspecified atom stereocenters. The fourth-order valence-corrected chi connectivity index (χ4v) is 4.42. The minimum Gasteiger partial charge on any atom is -0.464 e. The molecule has 2 N–H and O–H groups in total. The number of carbonyl (C=O) groups is 3. The smallest absolute Gasteiger partial charge is 0.336 e. The zero-order chi connectivity index (χ0) is 24.5. The molecule has 1 aliphatic rings. The van der Waals surface area contributed by atoms with E-state index in [1.54, 1.807) is 6.92 Å². The van der Waals surface area contributed by atoms with Crippen molar-refractivity contribution in [3.8, 4) is 0 Å². The van der Waals surface area contributed by atoms with E-state index in [0.717, 1.165) is 18.4 Å². The van der Waals surface area contributed by atoms with E-state index in [-0.39, 0.29) is 25.0 Å². The third kappa shape index (κ3) is 8.46. The highest BCUT2D eigenvalue weighted by Gasteiger charge is 2.44. The number of aliphatic hydroxyl groups is 1. The summed E-state index contributed by atoms with van der Waals surface area (Å²) in [5, 5.41) is 12.7. The fraction of sp³-hybridized carbons (Fsp3) is 0.654. The Bertz CT molecular complexity index is 780. The molecule has 0 spiro atoms. The number of benzene rings is 1. The molecule has 2 atom stereocenters. The minimum absolute atomic E-state index is 0.159. The number of amides is 1. The zero-order valence-corrected chi connectivity index (χ0v) is 20.4. The van der Waals surface area contributed by atoms with Gasteiger partial charge in [0, 0.05) is 5.41 Å². The van der Waals surface area contributed by atoms with Gasteiger partial charge in [0.15, 0.2) is 6.10 Å². The van der Waals surface area contributed by atoms with Crippen LogP contribution in [0.4, 0.5) is 0 Å². The minimum atomic E-state index is -1.41. The molecular weight excluding hydrogens is 422 g/mol. The molecule has 1 aromatic rings.